The standard InChI is InChI=1S/C23H27N3O3/c1-23(12-13-23)11-10-21(27)26-15-5-8-19(26)22(28)25-18-7-2-3-9-20(18)29-17-6-4-14-24-16-17/h2-4,6-7,9,14,16,19H,5,8,10-13,15H2,1H3,(H,25,28)/t19-/m1/s1. The van der Waals surface area contributed by atoms with Crippen molar-refractivity contribution >= 4 is 17.5 Å². The van der Waals surface area contributed by atoms with Crippen molar-refractivity contribution in [1.29, 1.82) is 0 Å². The number of benzene rings is 1. The van der Waals surface area contributed by atoms with E-state index in [9.17, 15) is 9.59 Å². The van der Waals surface area contributed by atoms with Crippen LogP contribution in [0, 0.1) is 5.41 Å². The van der Waals surface area contributed by atoms with Crippen molar-refractivity contribution in [3.05, 3.63) is 48.8 Å². The summed E-state index contributed by atoms with van der Waals surface area (Å²) in [4.78, 5) is 31.5. The first-order chi connectivity index (χ1) is 14.0. The zero-order valence-electron chi connectivity index (χ0n) is 16.8. The van der Waals surface area contributed by atoms with Gasteiger partial charge < -0.3 is 15.0 Å². The molecule has 0 bridgehead atoms. The van der Waals surface area contributed by atoms with Crippen LogP contribution in [0.3, 0.4) is 0 Å². The van der Waals surface area contributed by atoms with Gasteiger partial charge in [0.1, 0.15) is 11.8 Å². The van der Waals surface area contributed by atoms with E-state index in [1.165, 1.54) is 12.8 Å². The first-order valence-corrected chi connectivity index (χ1v) is 10.3. The Morgan fingerprint density at radius 2 is 2.07 bits per heavy atom. The van der Waals surface area contributed by atoms with Gasteiger partial charge in [-0.1, -0.05) is 19.1 Å². The summed E-state index contributed by atoms with van der Waals surface area (Å²) in [5.41, 5.74) is 0.932. The van der Waals surface area contributed by atoms with Crippen LogP contribution < -0.4 is 10.1 Å². The van der Waals surface area contributed by atoms with E-state index in [1.807, 2.05) is 18.2 Å². The van der Waals surface area contributed by atoms with Crippen molar-refractivity contribution in [2.75, 3.05) is 11.9 Å². The number of carbonyl (C=O) groups excluding carboxylic acids is 2. The molecule has 1 aromatic heterocycles. The molecule has 1 saturated heterocycles. The maximum absolute atomic E-state index is 13.0. The summed E-state index contributed by atoms with van der Waals surface area (Å²) in [6.07, 6.45) is 8.71. The first kappa shape index (κ1) is 19.4. The van der Waals surface area contributed by atoms with Crippen LogP contribution in [0.4, 0.5) is 5.69 Å². The Labute approximate surface area is 171 Å². The summed E-state index contributed by atoms with van der Waals surface area (Å²) in [6.45, 7) is 2.88. The van der Waals surface area contributed by atoms with E-state index in [0.717, 1.165) is 12.8 Å². The van der Waals surface area contributed by atoms with Gasteiger partial charge in [0, 0.05) is 19.2 Å². The van der Waals surface area contributed by atoms with Crippen molar-refractivity contribution in [2.24, 2.45) is 5.41 Å². The monoisotopic (exact) mass is 393 g/mol. The van der Waals surface area contributed by atoms with E-state index < -0.39 is 6.04 Å². The van der Waals surface area contributed by atoms with Crippen molar-refractivity contribution in [3.8, 4) is 11.5 Å². The highest BCUT2D eigenvalue weighted by atomic mass is 16.5. The molecule has 0 unspecified atom stereocenters. The van der Waals surface area contributed by atoms with Crippen LogP contribution in [0.2, 0.25) is 0 Å². The number of nitrogens with zero attached hydrogens (tertiary/aromatic N) is 2. The lowest BCUT2D eigenvalue weighted by molar-refractivity contribution is -0.136. The number of pyridine rings is 1. The third kappa shape index (κ3) is 4.75. The Balaban J connectivity index is 1.41. The molecule has 1 saturated carbocycles. The lowest BCUT2D eigenvalue weighted by Crippen LogP contribution is -2.43. The number of rotatable bonds is 7. The van der Waals surface area contributed by atoms with Gasteiger partial charge in [0.2, 0.25) is 11.8 Å². The molecule has 2 aliphatic rings. The molecule has 2 heterocycles. The average Bonchev–Trinajstić information content (AvgIpc) is 3.26. The van der Waals surface area contributed by atoms with Gasteiger partial charge in [0.15, 0.2) is 5.75 Å². The highest BCUT2D eigenvalue weighted by Crippen LogP contribution is 2.49. The number of anilines is 1. The summed E-state index contributed by atoms with van der Waals surface area (Å²) < 4.78 is 5.87. The van der Waals surface area contributed by atoms with E-state index in [-0.39, 0.29) is 11.8 Å². The molecule has 0 radical (unpaired) electrons. The van der Waals surface area contributed by atoms with E-state index in [4.69, 9.17) is 4.74 Å². The second kappa shape index (κ2) is 8.23. The largest absolute Gasteiger partial charge is 0.454 e. The van der Waals surface area contributed by atoms with E-state index in [0.29, 0.717) is 42.0 Å². The maximum atomic E-state index is 13.0. The van der Waals surface area contributed by atoms with Crippen molar-refractivity contribution in [2.45, 2.75) is 51.5 Å². The van der Waals surface area contributed by atoms with Gasteiger partial charge in [-0.25, -0.2) is 0 Å². The molecule has 4 rings (SSSR count). The normalized spacial score (nSPS) is 19.6. The van der Waals surface area contributed by atoms with Crippen LogP contribution in [0.1, 0.15) is 45.4 Å². The summed E-state index contributed by atoms with van der Waals surface area (Å²) >= 11 is 0. The van der Waals surface area contributed by atoms with Gasteiger partial charge in [-0.3, -0.25) is 14.6 Å². The number of hydrogen-bond acceptors (Lipinski definition) is 4. The molecule has 1 aliphatic heterocycles. The van der Waals surface area contributed by atoms with Gasteiger partial charge in [-0.15, -0.1) is 0 Å². The molecular weight excluding hydrogens is 366 g/mol. The Hall–Kier alpha value is -2.89. The number of amides is 2. The minimum absolute atomic E-state index is 0.0932. The molecule has 6 nitrogen and oxygen atoms in total. The lowest BCUT2D eigenvalue weighted by Gasteiger charge is -2.25. The van der Waals surface area contributed by atoms with Gasteiger partial charge in [-0.2, -0.15) is 0 Å². The fourth-order valence-corrected chi connectivity index (χ4v) is 3.76. The van der Waals surface area contributed by atoms with E-state index >= 15 is 0 Å². The SMILES string of the molecule is CC1(CCC(=O)N2CCC[C@@H]2C(=O)Nc2ccccc2Oc2cccnc2)CC1. The second-order valence-corrected chi connectivity index (χ2v) is 8.33. The minimum Gasteiger partial charge on any atom is -0.454 e. The predicted octanol–water partition coefficient (Wildman–Crippen LogP) is 4.38. The smallest absolute Gasteiger partial charge is 0.247 e. The molecule has 1 aromatic carbocycles. The zero-order valence-corrected chi connectivity index (χ0v) is 16.8. The second-order valence-electron chi connectivity index (χ2n) is 8.33. The maximum Gasteiger partial charge on any atom is 0.247 e. The van der Waals surface area contributed by atoms with Gasteiger partial charge in [-0.05, 0) is 61.8 Å². The molecular formula is C23H27N3O3. The summed E-state index contributed by atoms with van der Waals surface area (Å²) in [5.74, 6) is 1.08. The average molecular weight is 393 g/mol. The Morgan fingerprint density at radius 1 is 1.24 bits per heavy atom. The van der Waals surface area contributed by atoms with Crippen molar-refractivity contribution in [1.82, 2.24) is 9.88 Å². The van der Waals surface area contributed by atoms with Gasteiger partial charge in [0.25, 0.3) is 0 Å². The summed E-state index contributed by atoms with van der Waals surface area (Å²) in [7, 11) is 0. The number of ether oxygens (including phenoxy) is 1. The van der Waals surface area contributed by atoms with Crippen LogP contribution in [-0.2, 0) is 9.59 Å². The summed E-state index contributed by atoms with van der Waals surface area (Å²) in [6, 6.07) is 10.5. The number of carbonyl (C=O) groups is 2. The number of aromatic nitrogens is 1. The van der Waals surface area contributed by atoms with E-state index in [2.05, 4.69) is 17.2 Å². The van der Waals surface area contributed by atoms with Gasteiger partial charge >= 0.3 is 0 Å². The van der Waals surface area contributed by atoms with Crippen LogP contribution in [0.5, 0.6) is 11.5 Å². The van der Waals surface area contributed by atoms with Crippen LogP contribution in [-0.4, -0.2) is 34.3 Å². The highest BCUT2D eigenvalue weighted by Gasteiger charge is 2.39. The molecule has 2 amide bonds. The molecule has 152 valence electrons. The topological polar surface area (TPSA) is 71.5 Å². The third-order valence-electron chi connectivity index (χ3n) is 5.93. The molecule has 1 atom stereocenters. The molecule has 2 aromatic rings. The fourth-order valence-electron chi connectivity index (χ4n) is 3.76. The number of nitrogens with one attached hydrogen (secondary N) is 1. The lowest BCUT2D eigenvalue weighted by atomic mass is 10.0. The number of para-hydroxylation sites is 2. The van der Waals surface area contributed by atoms with Gasteiger partial charge in [0.05, 0.1) is 11.9 Å². The fraction of sp³-hybridized carbons (Fsp3) is 0.435. The van der Waals surface area contributed by atoms with E-state index in [1.54, 1.807) is 35.5 Å². The van der Waals surface area contributed by atoms with Crippen LogP contribution >= 0.6 is 0 Å². The number of likely N-dealkylation sites (tertiary alicyclic amines) is 1. The molecule has 1 N–H and O–H groups in total. The molecule has 2 fully saturated rings. The zero-order chi connectivity index (χ0) is 20.3. The molecule has 29 heavy (non-hydrogen) atoms. The van der Waals surface area contributed by atoms with Crippen LogP contribution in [0.25, 0.3) is 0 Å². The van der Waals surface area contributed by atoms with Crippen LogP contribution in [0.15, 0.2) is 48.8 Å². The highest BCUT2D eigenvalue weighted by molar-refractivity contribution is 5.98. The molecule has 6 heteroatoms. The summed E-state index contributed by atoms with van der Waals surface area (Å²) in [5, 5.41) is 2.96. The van der Waals surface area contributed by atoms with Crippen molar-refractivity contribution in [3.63, 3.8) is 0 Å². The Morgan fingerprint density at radius 3 is 2.83 bits per heavy atom. The Bertz CT molecular complexity index is 880. The first-order valence-electron chi connectivity index (χ1n) is 10.3. The molecule has 1 aliphatic carbocycles. The molecule has 0 spiro atoms. The quantitative estimate of drug-likeness (QED) is 0.758. The minimum atomic E-state index is -0.416. The third-order valence-corrected chi connectivity index (χ3v) is 5.93. The number of hydrogen-bond donors (Lipinski definition) is 1. The Kier molecular flexibility index (Phi) is 5.51. The van der Waals surface area contributed by atoms with Crippen molar-refractivity contribution < 1.29 is 14.3 Å². The predicted molar refractivity (Wildman–Crippen MR) is 111 cm³/mol.